The average molecular weight is 517 g/mol. The van der Waals surface area contributed by atoms with Gasteiger partial charge in [0.25, 0.3) is 0 Å². The normalized spacial score (nSPS) is 13.1. The van der Waals surface area contributed by atoms with Crippen LogP contribution in [0.1, 0.15) is 55.0 Å². The van der Waals surface area contributed by atoms with E-state index in [1.54, 1.807) is 31.3 Å². The van der Waals surface area contributed by atoms with E-state index in [-0.39, 0.29) is 18.3 Å². The quantitative estimate of drug-likeness (QED) is 0.284. The molecule has 0 fully saturated rings. The number of nitrogens with one attached hydrogen (secondary N) is 1. The first-order chi connectivity index (χ1) is 18.5. The summed E-state index contributed by atoms with van der Waals surface area (Å²) in [5.74, 6) is 1.05. The van der Waals surface area contributed by atoms with Gasteiger partial charge in [0.2, 0.25) is 11.8 Å². The molecule has 3 aromatic rings. The van der Waals surface area contributed by atoms with Crippen molar-refractivity contribution in [3.8, 4) is 17.0 Å². The number of hydrogen-bond acceptors (Lipinski definition) is 7. The summed E-state index contributed by atoms with van der Waals surface area (Å²) in [5, 5.41) is 3.44. The third kappa shape index (κ3) is 6.68. The number of aryl methyl sites for hydroxylation is 2. The first kappa shape index (κ1) is 27.1. The zero-order chi connectivity index (χ0) is 26.9. The van der Waals surface area contributed by atoms with Gasteiger partial charge in [0.1, 0.15) is 5.82 Å². The second-order valence-electron chi connectivity index (χ2n) is 9.53. The standard InChI is InChI=1S/C30H36N4O4/c1-34(26(19-29(36)38-3)23-15-16-27(37-2)32-20-23)28(35)14-8-7-13-25-24(21-10-5-4-6-11-21)18-22-12-9-17-31-30(22)33-25/h4-6,10-11,15-16,18,20,26H,7-9,12-14,17,19H2,1-3H3,(H,31,33)/t26-/m0/s1. The Bertz CT molecular complexity index is 1230. The van der Waals surface area contributed by atoms with Gasteiger partial charge in [0.05, 0.1) is 32.4 Å². The van der Waals surface area contributed by atoms with E-state index in [1.807, 2.05) is 24.3 Å². The monoisotopic (exact) mass is 516 g/mol. The predicted molar refractivity (Wildman–Crippen MR) is 147 cm³/mol. The number of ether oxygens (including phenoxy) is 2. The number of anilines is 1. The Labute approximate surface area is 224 Å². The van der Waals surface area contributed by atoms with Gasteiger partial charge in [0, 0.05) is 37.8 Å². The van der Waals surface area contributed by atoms with E-state index < -0.39 is 6.04 Å². The Kier molecular flexibility index (Phi) is 9.30. The van der Waals surface area contributed by atoms with Gasteiger partial charge in [-0.25, -0.2) is 9.97 Å². The van der Waals surface area contributed by atoms with Crippen LogP contribution in [-0.4, -0.2) is 54.6 Å². The fourth-order valence-electron chi connectivity index (χ4n) is 4.83. The molecule has 0 bridgehead atoms. The molecule has 8 nitrogen and oxygen atoms in total. The number of amides is 1. The van der Waals surface area contributed by atoms with Crippen LogP contribution in [0.3, 0.4) is 0 Å². The van der Waals surface area contributed by atoms with Gasteiger partial charge in [-0.3, -0.25) is 9.59 Å². The van der Waals surface area contributed by atoms with Gasteiger partial charge in [-0.1, -0.05) is 36.4 Å². The molecule has 1 N–H and O–H groups in total. The fraction of sp³-hybridized carbons (Fsp3) is 0.400. The van der Waals surface area contributed by atoms with Crippen LogP contribution in [0.2, 0.25) is 0 Å². The van der Waals surface area contributed by atoms with Crippen molar-refractivity contribution < 1.29 is 19.1 Å². The highest BCUT2D eigenvalue weighted by Gasteiger charge is 2.25. The number of aromatic nitrogens is 2. The van der Waals surface area contributed by atoms with Gasteiger partial charge < -0.3 is 19.7 Å². The van der Waals surface area contributed by atoms with Crippen LogP contribution >= 0.6 is 0 Å². The number of nitrogens with zero attached hydrogens (tertiary/aromatic N) is 3. The average Bonchev–Trinajstić information content (AvgIpc) is 2.97. The first-order valence-corrected chi connectivity index (χ1v) is 13.1. The van der Waals surface area contributed by atoms with Gasteiger partial charge >= 0.3 is 5.97 Å². The van der Waals surface area contributed by atoms with Crippen LogP contribution in [0.15, 0.2) is 54.7 Å². The van der Waals surface area contributed by atoms with Gasteiger partial charge in [-0.15, -0.1) is 0 Å². The minimum Gasteiger partial charge on any atom is -0.481 e. The number of benzene rings is 1. The van der Waals surface area contributed by atoms with E-state index in [0.717, 1.165) is 61.3 Å². The molecule has 4 rings (SSSR count). The van der Waals surface area contributed by atoms with Crippen LogP contribution in [0, 0.1) is 0 Å². The molecule has 0 spiro atoms. The van der Waals surface area contributed by atoms with Gasteiger partial charge in [-0.05, 0) is 54.9 Å². The minimum atomic E-state index is -0.466. The minimum absolute atomic E-state index is 0.0296. The summed E-state index contributed by atoms with van der Waals surface area (Å²) in [5.41, 5.74) is 5.41. The molecule has 1 atom stereocenters. The second kappa shape index (κ2) is 13.0. The number of carbonyl (C=O) groups excluding carboxylic acids is 2. The summed E-state index contributed by atoms with van der Waals surface area (Å²) in [6, 6.07) is 15.7. The van der Waals surface area contributed by atoms with Crippen LogP contribution in [0.5, 0.6) is 5.88 Å². The Morgan fingerprint density at radius 2 is 1.92 bits per heavy atom. The summed E-state index contributed by atoms with van der Waals surface area (Å²) < 4.78 is 10.0. The highest BCUT2D eigenvalue weighted by molar-refractivity contribution is 5.78. The Morgan fingerprint density at radius 3 is 2.63 bits per heavy atom. The second-order valence-corrected chi connectivity index (χ2v) is 9.53. The van der Waals surface area contributed by atoms with Gasteiger partial charge in [-0.2, -0.15) is 0 Å². The molecule has 3 heterocycles. The number of methoxy groups -OCH3 is 2. The van der Waals surface area contributed by atoms with Crippen molar-refractivity contribution >= 4 is 17.7 Å². The lowest BCUT2D eigenvalue weighted by Gasteiger charge is -2.28. The highest BCUT2D eigenvalue weighted by atomic mass is 16.5. The van der Waals surface area contributed by atoms with Crippen molar-refractivity contribution in [3.05, 3.63) is 71.5 Å². The van der Waals surface area contributed by atoms with Crippen molar-refractivity contribution in [3.63, 3.8) is 0 Å². The largest absolute Gasteiger partial charge is 0.481 e. The van der Waals surface area contributed by atoms with E-state index in [0.29, 0.717) is 12.3 Å². The van der Waals surface area contributed by atoms with Gasteiger partial charge in [0.15, 0.2) is 0 Å². The molecule has 1 aromatic carbocycles. The topological polar surface area (TPSA) is 93.7 Å². The zero-order valence-electron chi connectivity index (χ0n) is 22.4. The van der Waals surface area contributed by atoms with E-state index in [2.05, 4.69) is 28.5 Å². The molecule has 1 amide bonds. The molecule has 200 valence electrons. The van der Waals surface area contributed by atoms with Crippen LogP contribution in [0.4, 0.5) is 5.82 Å². The van der Waals surface area contributed by atoms with Crippen molar-refractivity contribution in [2.24, 2.45) is 0 Å². The lowest BCUT2D eigenvalue weighted by molar-refractivity contribution is -0.143. The maximum atomic E-state index is 13.1. The lowest BCUT2D eigenvalue weighted by Crippen LogP contribution is -2.32. The van der Waals surface area contributed by atoms with Crippen LogP contribution in [0.25, 0.3) is 11.1 Å². The number of unbranched alkanes of at least 4 members (excludes halogenated alkanes) is 1. The van der Waals surface area contributed by atoms with E-state index in [9.17, 15) is 9.59 Å². The van der Waals surface area contributed by atoms with Crippen molar-refractivity contribution in [1.29, 1.82) is 0 Å². The first-order valence-electron chi connectivity index (χ1n) is 13.1. The number of carbonyl (C=O) groups is 2. The molecule has 0 unspecified atom stereocenters. The number of rotatable bonds is 11. The summed E-state index contributed by atoms with van der Waals surface area (Å²) >= 11 is 0. The Balaban J connectivity index is 1.41. The summed E-state index contributed by atoms with van der Waals surface area (Å²) in [7, 11) is 4.62. The predicted octanol–water partition coefficient (Wildman–Crippen LogP) is 4.99. The summed E-state index contributed by atoms with van der Waals surface area (Å²) in [6.45, 7) is 0.946. The number of esters is 1. The van der Waals surface area contributed by atoms with E-state index >= 15 is 0 Å². The molecule has 1 aliphatic rings. The summed E-state index contributed by atoms with van der Waals surface area (Å²) in [6.07, 6.45) is 6.54. The highest BCUT2D eigenvalue weighted by Crippen LogP contribution is 2.31. The molecule has 1 aliphatic heterocycles. The molecule has 2 aromatic heterocycles. The molecule has 0 radical (unpaired) electrons. The Morgan fingerprint density at radius 1 is 1.11 bits per heavy atom. The molecule has 38 heavy (non-hydrogen) atoms. The van der Waals surface area contributed by atoms with E-state index in [4.69, 9.17) is 14.5 Å². The Hall–Kier alpha value is -3.94. The molecule has 8 heteroatoms. The van der Waals surface area contributed by atoms with Crippen molar-refractivity contribution in [2.75, 3.05) is 33.1 Å². The molecular weight excluding hydrogens is 480 g/mol. The molecular formula is C30H36N4O4. The van der Waals surface area contributed by atoms with E-state index in [1.165, 1.54) is 18.2 Å². The molecule has 0 saturated carbocycles. The third-order valence-corrected chi connectivity index (χ3v) is 7.04. The maximum absolute atomic E-state index is 13.1. The van der Waals surface area contributed by atoms with Crippen molar-refractivity contribution in [1.82, 2.24) is 14.9 Å². The smallest absolute Gasteiger partial charge is 0.307 e. The van der Waals surface area contributed by atoms with Crippen LogP contribution < -0.4 is 10.1 Å². The maximum Gasteiger partial charge on any atom is 0.307 e. The number of pyridine rings is 2. The number of fused-ring (bicyclic) bond motifs is 1. The van der Waals surface area contributed by atoms with Crippen LogP contribution in [-0.2, 0) is 27.2 Å². The lowest BCUT2D eigenvalue weighted by atomic mass is 9.96. The van der Waals surface area contributed by atoms with Crippen molar-refractivity contribution in [2.45, 2.75) is 51.0 Å². The molecule has 0 saturated heterocycles. The zero-order valence-corrected chi connectivity index (χ0v) is 22.4. The summed E-state index contributed by atoms with van der Waals surface area (Å²) in [4.78, 5) is 36.1. The molecule has 0 aliphatic carbocycles. The number of hydrogen-bond donors (Lipinski definition) is 1. The fourth-order valence-corrected chi connectivity index (χ4v) is 4.83. The SMILES string of the molecule is COC(=O)C[C@@H](c1ccc(OC)nc1)N(C)C(=O)CCCCc1nc2c(cc1-c1ccccc1)CCCN2. The third-order valence-electron chi connectivity index (χ3n) is 7.04.